The van der Waals surface area contributed by atoms with E-state index in [4.69, 9.17) is 28.4 Å². The smallest absolute Gasteiger partial charge is 0.330 e. The lowest BCUT2D eigenvalue weighted by atomic mass is 10.1. The molecule has 0 rings (SSSR count). The molecule has 0 aliphatic heterocycles. The fourth-order valence-electron chi connectivity index (χ4n) is 2.36. The van der Waals surface area contributed by atoms with Crippen LogP contribution >= 0.6 is 0 Å². The summed E-state index contributed by atoms with van der Waals surface area (Å²) in [5.41, 5.74) is 0. The summed E-state index contributed by atoms with van der Waals surface area (Å²) in [6, 6.07) is 0. The summed E-state index contributed by atoms with van der Waals surface area (Å²) in [7, 11) is 0. The number of hydrogen-bond acceptors (Lipinski definition) is 8. The van der Waals surface area contributed by atoms with Crippen molar-refractivity contribution >= 4 is 11.9 Å². The first kappa shape index (κ1) is 28.5. The van der Waals surface area contributed by atoms with Gasteiger partial charge < -0.3 is 28.4 Å². The lowest BCUT2D eigenvalue weighted by Crippen LogP contribution is -2.15. The minimum absolute atomic E-state index is 0.149. The summed E-state index contributed by atoms with van der Waals surface area (Å²) < 4.78 is 31.2. The number of ether oxygens (including phenoxy) is 6. The van der Waals surface area contributed by atoms with Gasteiger partial charge in [0.15, 0.2) is 0 Å². The molecule has 8 nitrogen and oxygen atoms in total. The average Bonchev–Trinajstić information content (AvgIpc) is 2.75. The zero-order valence-electron chi connectivity index (χ0n) is 18.6. The minimum atomic E-state index is -0.458. The molecule has 0 unspecified atom stereocenters. The Kier molecular flexibility index (Phi) is 22.6. The van der Waals surface area contributed by atoms with E-state index in [-0.39, 0.29) is 19.2 Å². The van der Waals surface area contributed by atoms with E-state index < -0.39 is 5.97 Å². The number of carbonyl (C=O) groups excluding carboxylic acids is 2. The van der Waals surface area contributed by atoms with Gasteiger partial charge in [0.1, 0.15) is 13.2 Å². The fraction of sp³-hybridized carbons (Fsp3) is 0.818. The van der Waals surface area contributed by atoms with Crippen LogP contribution in [-0.4, -0.2) is 78.0 Å². The Morgan fingerprint density at radius 3 is 1.57 bits per heavy atom. The summed E-state index contributed by atoms with van der Waals surface area (Å²) in [5.74, 6) is -0.607. The van der Waals surface area contributed by atoms with Gasteiger partial charge in [-0.2, -0.15) is 0 Å². The van der Waals surface area contributed by atoms with Crippen LogP contribution in [0.15, 0.2) is 12.7 Å². The quantitative estimate of drug-likeness (QED) is 0.138. The molecule has 0 aromatic heterocycles. The predicted octanol–water partition coefficient (Wildman–Crippen LogP) is 3.08. The highest BCUT2D eigenvalue weighted by Crippen LogP contribution is 2.07. The second kappa shape index (κ2) is 23.8. The van der Waals surface area contributed by atoms with Gasteiger partial charge in [-0.3, -0.25) is 4.79 Å². The summed E-state index contributed by atoms with van der Waals surface area (Å²) in [5, 5.41) is 0. The van der Waals surface area contributed by atoms with Gasteiger partial charge in [-0.15, -0.1) is 0 Å². The molecule has 0 saturated carbocycles. The van der Waals surface area contributed by atoms with Gasteiger partial charge in [-0.05, 0) is 6.42 Å². The predicted molar refractivity (Wildman–Crippen MR) is 113 cm³/mol. The molecule has 0 heterocycles. The third-order valence-corrected chi connectivity index (χ3v) is 3.98. The van der Waals surface area contributed by atoms with E-state index in [1.165, 1.54) is 25.7 Å². The number of hydrogen-bond donors (Lipinski definition) is 0. The standard InChI is InChI=1S/C22H40O8/c1-3-5-6-7-8-9-10-22(24)30-20-18-28-16-14-26-12-11-25-13-15-27-17-19-29-21(23)4-2/h4H,2-3,5-20H2,1H3. The topological polar surface area (TPSA) is 89.5 Å². The van der Waals surface area contributed by atoms with Gasteiger partial charge >= 0.3 is 11.9 Å². The van der Waals surface area contributed by atoms with Crippen LogP contribution in [0.25, 0.3) is 0 Å². The largest absolute Gasteiger partial charge is 0.463 e. The molecule has 0 aromatic carbocycles. The van der Waals surface area contributed by atoms with Crippen LogP contribution in [0.1, 0.15) is 51.9 Å². The van der Waals surface area contributed by atoms with E-state index in [9.17, 15) is 9.59 Å². The van der Waals surface area contributed by atoms with Crippen molar-refractivity contribution in [3.63, 3.8) is 0 Å². The van der Waals surface area contributed by atoms with E-state index in [0.717, 1.165) is 18.9 Å². The Balaban J connectivity index is 3.14. The third kappa shape index (κ3) is 22.8. The summed E-state index contributed by atoms with van der Waals surface area (Å²) >= 11 is 0. The summed E-state index contributed by atoms with van der Waals surface area (Å²) in [4.78, 5) is 22.3. The van der Waals surface area contributed by atoms with Crippen molar-refractivity contribution in [1.29, 1.82) is 0 Å². The molecule has 0 aliphatic carbocycles. The second-order valence-electron chi connectivity index (χ2n) is 6.56. The van der Waals surface area contributed by atoms with Crippen molar-refractivity contribution in [2.75, 3.05) is 66.1 Å². The normalized spacial score (nSPS) is 10.7. The maximum absolute atomic E-state index is 11.6. The molecule has 0 spiro atoms. The van der Waals surface area contributed by atoms with Crippen LogP contribution in [0, 0.1) is 0 Å². The molecule has 0 saturated heterocycles. The molecule has 0 N–H and O–H groups in total. The number of carbonyl (C=O) groups is 2. The van der Waals surface area contributed by atoms with Crippen molar-refractivity contribution in [2.45, 2.75) is 51.9 Å². The van der Waals surface area contributed by atoms with Crippen LogP contribution in [0.5, 0.6) is 0 Å². The van der Waals surface area contributed by atoms with Gasteiger partial charge in [-0.1, -0.05) is 45.6 Å². The zero-order valence-corrected chi connectivity index (χ0v) is 18.6. The van der Waals surface area contributed by atoms with Gasteiger partial charge in [0.25, 0.3) is 0 Å². The number of esters is 2. The number of rotatable bonds is 23. The Bertz CT molecular complexity index is 414. The molecule has 0 bridgehead atoms. The molecule has 8 heteroatoms. The molecule has 0 amide bonds. The highest BCUT2D eigenvalue weighted by atomic mass is 16.6. The SMILES string of the molecule is C=CC(=O)OCCOCCOCCOCCOCCOC(=O)CCCCCCCC. The monoisotopic (exact) mass is 432 g/mol. The van der Waals surface area contributed by atoms with Gasteiger partial charge in [0.05, 0.1) is 52.9 Å². The first-order valence-corrected chi connectivity index (χ1v) is 11.0. The van der Waals surface area contributed by atoms with Crippen molar-refractivity contribution in [1.82, 2.24) is 0 Å². The summed E-state index contributed by atoms with van der Waals surface area (Å²) in [6.07, 6.45) is 8.53. The van der Waals surface area contributed by atoms with Crippen molar-refractivity contribution in [3.8, 4) is 0 Å². The lowest BCUT2D eigenvalue weighted by Gasteiger charge is -2.08. The number of unbranched alkanes of at least 4 members (excludes halogenated alkanes) is 5. The molecule has 176 valence electrons. The van der Waals surface area contributed by atoms with Gasteiger partial charge in [0, 0.05) is 12.5 Å². The lowest BCUT2D eigenvalue weighted by molar-refractivity contribution is -0.145. The Morgan fingerprint density at radius 2 is 1.07 bits per heavy atom. The van der Waals surface area contributed by atoms with Crippen LogP contribution < -0.4 is 0 Å². The minimum Gasteiger partial charge on any atom is -0.463 e. The molecular formula is C22H40O8. The Morgan fingerprint density at radius 1 is 0.633 bits per heavy atom. The van der Waals surface area contributed by atoms with Crippen LogP contribution in [0.2, 0.25) is 0 Å². The van der Waals surface area contributed by atoms with Crippen LogP contribution in [0.3, 0.4) is 0 Å². The fourth-order valence-corrected chi connectivity index (χ4v) is 2.36. The van der Waals surface area contributed by atoms with Crippen molar-refractivity contribution < 1.29 is 38.0 Å². The van der Waals surface area contributed by atoms with Gasteiger partial charge in [-0.25, -0.2) is 4.79 Å². The molecule has 0 atom stereocenters. The van der Waals surface area contributed by atoms with Crippen molar-refractivity contribution in [2.24, 2.45) is 0 Å². The maximum atomic E-state index is 11.6. The summed E-state index contributed by atoms with van der Waals surface area (Å²) in [6.45, 7) is 9.38. The second-order valence-corrected chi connectivity index (χ2v) is 6.56. The van der Waals surface area contributed by atoms with E-state index in [1.54, 1.807) is 0 Å². The molecule has 0 aromatic rings. The third-order valence-electron chi connectivity index (χ3n) is 3.98. The van der Waals surface area contributed by atoms with Crippen LogP contribution in [0.4, 0.5) is 0 Å². The van der Waals surface area contributed by atoms with Crippen LogP contribution in [-0.2, 0) is 38.0 Å². The maximum Gasteiger partial charge on any atom is 0.330 e. The molecule has 0 radical (unpaired) electrons. The van der Waals surface area contributed by atoms with E-state index in [0.29, 0.717) is 59.3 Å². The molecule has 0 aliphatic rings. The van der Waals surface area contributed by atoms with E-state index in [1.807, 2.05) is 0 Å². The van der Waals surface area contributed by atoms with Crippen molar-refractivity contribution in [3.05, 3.63) is 12.7 Å². The molecular weight excluding hydrogens is 392 g/mol. The Labute approximate surface area is 181 Å². The highest BCUT2D eigenvalue weighted by Gasteiger charge is 2.02. The average molecular weight is 433 g/mol. The molecule has 30 heavy (non-hydrogen) atoms. The van der Waals surface area contributed by atoms with Gasteiger partial charge in [0.2, 0.25) is 0 Å². The first-order chi connectivity index (χ1) is 14.7. The molecule has 0 fully saturated rings. The first-order valence-electron chi connectivity index (χ1n) is 11.0. The highest BCUT2D eigenvalue weighted by molar-refractivity contribution is 5.81. The zero-order chi connectivity index (χ0) is 22.1. The Hall–Kier alpha value is -1.48. The van der Waals surface area contributed by atoms with E-state index in [2.05, 4.69) is 13.5 Å². The van der Waals surface area contributed by atoms with E-state index >= 15 is 0 Å².